The van der Waals surface area contributed by atoms with Gasteiger partial charge in [-0.2, -0.15) is 0 Å². The quantitative estimate of drug-likeness (QED) is 0.694. The maximum atomic E-state index is 11.5. The number of carbonyl (C=O) groups excluding carboxylic acids is 1. The van der Waals surface area contributed by atoms with Gasteiger partial charge in [0.2, 0.25) is 0 Å². The molecule has 5 nitrogen and oxygen atoms in total. The standard InChI is InChI=1S/C18H15N3O2/c1-3-13-4-6-14(7-5-13)17-12-19-20-21(17)16-10-8-15(9-11-16)18(22)23-2/h3-12H,1H2,2H3. The predicted molar refractivity (Wildman–Crippen MR) is 88.2 cm³/mol. The molecule has 3 aromatic rings. The van der Waals surface area contributed by atoms with E-state index in [-0.39, 0.29) is 5.97 Å². The van der Waals surface area contributed by atoms with Crippen molar-refractivity contribution >= 4 is 12.0 Å². The summed E-state index contributed by atoms with van der Waals surface area (Å²) < 4.78 is 6.43. The Kier molecular flexibility index (Phi) is 4.01. The number of ether oxygens (including phenoxy) is 1. The maximum Gasteiger partial charge on any atom is 0.337 e. The van der Waals surface area contributed by atoms with Gasteiger partial charge in [0.15, 0.2) is 0 Å². The van der Waals surface area contributed by atoms with Crippen molar-refractivity contribution in [1.82, 2.24) is 15.0 Å². The van der Waals surface area contributed by atoms with Crippen molar-refractivity contribution < 1.29 is 9.53 Å². The molecule has 0 N–H and O–H groups in total. The average molecular weight is 305 g/mol. The molecular formula is C18H15N3O2. The fraction of sp³-hybridized carbons (Fsp3) is 0.0556. The molecule has 2 aromatic carbocycles. The van der Waals surface area contributed by atoms with Gasteiger partial charge < -0.3 is 4.74 Å². The number of carbonyl (C=O) groups is 1. The lowest BCUT2D eigenvalue weighted by Gasteiger charge is -2.07. The summed E-state index contributed by atoms with van der Waals surface area (Å²) in [4.78, 5) is 11.5. The molecule has 0 aliphatic carbocycles. The van der Waals surface area contributed by atoms with E-state index in [2.05, 4.69) is 16.9 Å². The fourth-order valence-electron chi connectivity index (χ4n) is 2.27. The Hall–Kier alpha value is -3.21. The Bertz CT molecular complexity index is 833. The first-order valence-electron chi connectivity index (χ1n) is 7.05. The van der Waals surface area contributed by atoms with E-state index >= 15 is 0 Å². The molecule has 0 fully saturated rings. The molecule has 0 atom stereocenters. The van der Waals surface area contributed by atoms with Crippen LogP contribution in [-0.4, -0.2) is 28.1 Å². The van der Waals surface area contributed by atoms with E-state index in [1.54, 1.807) is 29.1 Å². The third-order valence-electron chi connectivity index (χ3n) is 3.52. The molecule has 5 heteroatoms. The minimum absolute atomic E-state index is 0.365. The maximum absolute atomic E-state index is 11.5. The second-order valence-electron chi connectivity index (χ2n) is 4.90. The van der Waals surface area contributed by atoms with Crippen molar-refractivity contribution in [3.8, 4) is 16.9 Å². The zero-order valence-corrected chi connectivity index (χ0v) is 12.6. The molecule has 3 rings (SSSR count). The minimum atomic E-state index is -0.365. The number of nitrogens with zero attached hydrogens (tertiary/aromatic N) is 3. The SMILES string of the molecule is C=Cc1ccc(-c2cnnn2-c2ccc(C(=O)OC)cc2)cc1. The van der Waals surface area contributed by atoms with E-state index in [9.17, 15) is 4.79 Å². The van der Waals surface area contributed by atoms with Crippen molar-refractivity contribution in [2.24, 2.45) is 0 Å². The first kappa shape index (κ1) is 14.7. The van der Waals surface area contributed by atoms with E-state index in [4.69, 9.17) is 4.74 Å². The summed E-state index contributed by atoms with van der Waals surface area (Å²) in [7, 11) is 1.36. The Morgan fingerprint density at radius 3 is 2.43 bits per heavy atom. The third kappa shape index (κ3) is 2.89. The lowest BCUT2D eigenvalue weighted by atomic mass is 10.1. The van der Waals surface area contributed by atoms with Crippen molar-refractivity contribution in [3.63, 3.8) is 0 Å². The van der Waals surface area contributed by atoms with Crippen LogP contribution in [-0.2, 0) is 4.74 Å². The molecule has 0 unspecified atom stereocenters. The van der Waals surface area contributed by atoms with Gasteiger partial charge in [-0.05, 0) is 29.8 Å². The number of hydrogen-bond acceptors (Lipinski definition) is 4. The monoisotopic (exact) mass is 305 g/mol. The van der Waals surface area contributed by atoms with Crippen LogP contribution in [0.15, 0.2) is 61.3 Å². The van der Waals surface area contributed by atoms with Gasteiger partial charge in [0.05, 0.1) is 30.3 Å². The van der Waals surface area contributed by atoms with E-state index < -0.39 is 0 Å². The highest BCUT2D eigenvalue weighted by atomic mass is 16.5. The number of methoxy groups -OCH3 is 1. The van der Waals surface area contributed by atoms with Crippen LogP contribution in [0.2, 0.25) is 0 Å². The highest BCUT2D eigenvalue weighted by Crippen LogP contribution is 2.22. The van der Waals surface area contributed by atoms with Gasteiger partial charge in [-0.1, -0.05) is 42.1 Å². The lowest BCUT2D eigenvalue weighted by molar-refractivity contribution is 0.0601. The number of esters is 1. The van der Waals surface area contributed by atoms with Gasteiger partial charge >= 0.3 is 5.97 Å². The Labute approximate surface area is 133 Å². The molecule has 23 heavy (non-hydrogen) atoms. The smallest absolute Gasteiger partial charge is 0.337 e. The highest BCUT2D eigenvalue weighted by Gasteiger charge is 2.10. The number of rotatable bonds is 4. The van der Waals surface area contributed by atoms with Crippen LogP contribution in [0.25, 0.3) is 23.0 Å². The zero-order valence-electron chi connectivity index (χ0n) is 12.6. The molecule has 0 radical (unpaired) electrons. The molecule has 0 amide bonds. The first-order chi connectivity index (χ1) is 11.2. The largest absolute Gasteiger partial charge is 0.465 e. The number of hydrogen-bond donors (Lipinski definition) is 0. The molecule has 0 saturated heterocycles. The first-order valence-corrected chi connectivity index (χ1v) is 7.05. The van der Waals surface area contributed by atoms with Crippen LogP contribution in [0.1, 0.15) is 15.9 Å². The molecular weight excluding hydrogens is 290 g/mol. The van der Waals surface area contributed by atoms with E-state index in [0.29, 0.717) is 5.56 Å². The van der Waals surface area contributed by atoms with Gasteiger partial charge in [0, 0.05) is 5.56 Å². The van der Waals surface area contributed by atoms with E-state index in [1.165, 1.54) is 7.11 Å². The Balaban J connectivity index is 1.96. The van der Waals surface area contributed by atoms with Crippen LogP contribution >= 0.6 is 0 Å². The molecule has 0 aliphatic rings. The molecule has 0 saturated carbocycles. The summed E-state index contributed by atoms with van der Waals surface area (Å²) in [5, 5.41) is 8.12. The normalized spacial score (nSPS) is 10.3. The van der Waals surface area contributed by atoms with Gasteiger partial charge in [-0.15, -0.1) is 5.10 Å². The predicted octanol–water partition coefficient (Wildman–Crippen LogP) is 3.36. The van der Waals surface area contributed by atoms with Crippen LogP contribution in [0.4, 0.5) is 0 Å². The topological polar surface area (TPSA) is 57.0 Å². The van der Waals surface area contributed by atoms with Crippen molar-refractivity contribution in [3.05, 3.63) is 72.4 Å². The van der Waals surface area contributed by atoms with Gasteiger partial charge in [-0.3, -0.25) is 0 Å². The molecule has 0 aliphatic heterocycles. The Morgan fingerprint density at radius 2 is 1.83 bits per heavy atom. The van der Waals surface area contributed by atoms with E-state index in [1.807, 2.05) is 36.4 Å². The molecule has 114 valence electrons. The summed E-state index contributed by atoms with van der Waals surface area (Å²) in [6, 6.07) is 15.0. The number of benzene rings is 2. The zero-order chi connectivity index (χ0) is 16.2. The molecule has 1 aromatic heterocycles. The summed E-state index contributed by atoms with van der Waals surface area (Å²) in [6.07, 6.45) is 3.50. The second-order valence-corrected chi connectivity index (χ2v) is 4.90. The molecule has 0 spiro atoms. The van der Waals surface area contributed by atoms with Crippen molar-refractivity contribution in [2.75, 3.05) is 7.11 Å². The van der Waals surface area contributed by atoms with Gasteiger partial charge in [0.25, 0.3) is 0 Å². The summed E-state index contributed by atoms with van der Waals surface area (Å²) in [5.41, 5.74) is 4.23. The highest BCUT2D eigenvalue weighted by molar-refractivity contribution is 5.89. The van der Waals surface area contributed by atoms with E-state index in [0.717, 1.165) is 22.5 Å². The van der Waals surface area contributed by atoms with Crippen molar-refractivity contribution in [2.45, 2.75) is 0 Å². The summed E-state index contributed by atoms with van der Waals surface area (Å²) in [6.45, 7) is 3.75. The summed E-state index contributed by atoms with van der Waals surface area (Å²) in [5.74, 6) is -0.365. The Morgan fingerprint density at radius 1 is 1.13 bits per heavy atom. The average Bonchev–Trinajstić information content (AvgIpc) is 3.11. The van der Waals surface area contributed by atoms with Crippen LogP contribution in [0.3, 0.4) is 0 Å². The van der Waals surface area contributed by atoms with Crippen LogP contribution < -0.4 is 0 Å². The van der Waals surface area contributed by atoms with Crippen molar-refractivity contribution in [1.29, 1.82) is 0 Å². The second kappa shape index (κ2) is 6.27. The fourth-order valence-corrected chi connectivity index (χ4v) is 2.27. The minimum Gasteiger partial charge on any atom is -0.465 e. The number of aromatic nitrogens is 3. The third-order valence-corrected chi connectivity index (χ3v) is 3.52. The van der Waals surface area contributed by atoms with Crippen LogP contribution in [0.5, 0.6) is 0 Å². The lowest BCUT2D eigenvalue weighted by Crippen LogP contribution is -2.03. The van der Waals surface area contributed by atoms with Crippen LogP contribution in [0, 0.1) is 0 Å². The van der Waals surface area contributed by atoms with Gasteiger partial charge in [-0.25, -0.2) is 9.48 Å². The van der Waals surface area contributed by atoms with Gasteiger partial charge in [0.1, 0.15) is 0 Å². The molecule has 1 heterocycles. The molecule has 0 bridgehead atoms. The summed E-state index contributed by atoms with van der Waals surface area (Å²) >= 11 is 0.